The van der Waals surface area contributed by atoms with E-state index >= 15 is 0 Å². The van der Waals surface area contributed by atoms with Gasteiger partial charge in [0.15, 0.2) is 0 Å². The third-order valence-electron chi connectivity index (χ3n) is 4.64. The Kier molecular flexibility index (Phi) is 4.39. The number of thioether (sulfide) groups is 1. The summed E-state index contributed by atoms with van der Waals surface area (Å²) in [5, 5.41) is 4.96. The van der Waals surface area contributed by atoms with Crippen molar-refractivity contribution in [2.24, 2.45) is 0 Å². The second-order valence-corrected chi connectivity index (χ2v) is 7.40. The lowest BCUT2D eigenvalue weighted by molar-refractivity contribution is 0.411. The molecule has 1 N–H and O–H groups in total. The fraction of sp³-hybridized carbons (Fsp3) is 0.500. The van der Waals surface area contributed by atoms with Crippen LogP contribution in [0.15, 0.2) is 30.3 Å². The molecule has 0 amide bonds. The summed E-state index contributed by atoms with van der Waals surface area (Å²) in [5.41, 5.74) is 3.40. The quantitative estimate of drug-likeness (QED) is 0.858. The summed E-state index contributed by atoms with van der Waals surface area (Å²) < 4.78 is 0.413. The molecule has 1 aliphatic carbocycles. The predicted octanol–water partition coefficient (Wildman–Crippen LogP) is 5.02. The molecule has 1 saturated carbocycles. The predicted molar refractivity (Wildman–Crippen MR) is 94.3 cm³/mol. The second-order valence-electron chi connectivity index (χ2n) is 6.13. The highest BCUT2D eigenvalue weighted by Gasteiger charge is 2.30. The van der Waals surface area contributed by atoms with Gasteiger partial charge in [-0.25, -0.2) is 0 Å². The molecule has 0 aliphatic heterocycles. The Hall–Kier alpha value is -1.22. The molecule has 3 heteroatoms. The zero-order valence-corrected chi connectivity index (χ0v) is 13.8. The van der Waals surface area contributed by atoms with E-state index in [9.17, 15) is 0 Å². The van der Waals surface area contributed by atoms with E-state index in [-0.39, 0.29) is 0 Å². The highest BCUT2D eigenvalue weighted by atomic mass is 32.2. The molecule has 112 valence electrons. The van der Waals surface area contributed by atoms with Crippen molar-refractivity contribution < 1.29 is 0 Å². The molecule has 0 saturated heterocycles. The van der Waals surface area contributed by atoms with Gasteiger partial charge in [-0.1, -0.05) is 37.5 Å². The molecule has 0 unspecified atom stereocenters. The first kappa shape index (κ1) is 14.7. The smallest absolute Gasteiger partial charge is 0.0725 e. The van der Waals surface area contributed by atoms with Crippen LogP contribution in [-0.2, 0) is 0 Å². The van der Waals surface area contributed by atoms with Crippen molar-refractivity contribution in [3.63, 3.8) is 0 Å². The van der Waals surface area contributed by atoms with Crippen LogP contribution >= 0.6 is 11.8 Å². The number of pyridine rings is 1. The van der Waals surface area contributed by atoms with Gasteiger partial charge in [0.25, 0.3) is 0 Å². The van der Waals surface area contributed by atoms with E-state index in [1.807, 2.05) is 11.8 Å². The fourth-order valence-corrected chi connectivity index (χ4v) is 4.27. The summed E-state index contributed by atoms with van der Waals surface area (Å²) in [6.07, 6.45) is 9.09. The first-order valence-corrected chi connectivity index (χ1v) is 9.10. The van der Waals surface area contributed by atoms with Gasteiger partial charge in [-0.2, -0.15) is 11.8 Å². The lowest BCUT2D eigenvalue weighted by atomic mass is 9.88. The number of hydrogen-bond donors (Lipinski definition) is 1. The molecule has 0 bridgehead atoms. The van der Waals surface area contributed by atoms with Crippen molar-refractivity contribution in [2.75, 3.05) is 18.1 Å². The largest absolute Gasteiger partial charge is 0.383 e. The molecule has 1 aliphatic rings. The molecular formula is C18H24N2S. The minimum atomic E-state index is 0.413. The molecule has 3 rings (SSSR count). The number of benzene rings is 1. The molecule has 1 aromatic heterocycles. The van der Waals surface area contributed by atoms with E-state index in [1.165, 1.54) is 43.2 Å². The van der Waals surface area contributed by atoms with Gasteiger partial charge in [0, 0.05) is 28.1 Å². The highest BCUT2D eigenvalue weighted by Crippen LogP contribution is 2.39. The number of nitrogens with one attached hydrogen (secondary N) is 1. The number of anilines is 1. The lowest BCUT2D eigenvalue weighted by Crippen LogP contribution is -2.35. The Morgan fingerprint density at radius 2 is 1.95 bits per heavy atom. The van der Waals surface area contributed by atoms with Crippen molar-refractivity contribution in [2.45, 2.75) is 43.8 Å². The van der Waals surface area contributed by atoms with Crippen LogP contribution in [-0.4, -0.2) is 22.5 Å². The SMILES string of the molecule is CSC1(CNc2cc(C)nc3ccccc23)CCCCC1. The monoisotopic (exact) mass is 300 g/mol. The first-order chi connectivity index (χ1) is 10.2. The van der Waals surface area contributed by atoms with Gasteiger partial charge < -0.3 is 5.32 Å². The van der Waals surface area contributed by atoms with E-state index in [0.29, 0.717) is 4.75 Å². The topological polar surface area (TPSA) is 24.9 Å². The Morgan fingerprint density at radius 1 is 1.19 bits per heavy atom. The van der Waals surface area contributed by atoms with Crippen LogP contribution in [0.1, 0.15) is 37.8 Å². The van der Waals surface area contributed by atoms with Gasteiger partial charge >= 0.3 is 0 Å². The van der Waals surface area contributed by atoms with E-state index in [4.69, 9.17) is 0 Å². The van der Waals surface area contributed by atoms with Gasteiger partial charge in [0.1, 0.15) is 0 Å². The van der Waals surface area contributed by atoms with Crippen molar-refractivity contribution in [3.05, 3.63) is 36.0 Å². The molecule has 0 atom stereocenters. The summed E-state index contributed by atoms with van der Waals surface area (Å²) in [5.74, 6) is 0. The Bertz CT molecular complexity index is 618. The average Bonchev–Trinajstić information content (AvgIpc) is 2.53. The number of fused-ring (bicyclic) bond motifs is 1. The van der Waals surface area contributed by atoms with Gasteiger partial charge in [0.2, 0.25) is 0 Å². The standard InChI is InChI=1S/C18H24N2S/c1-14-12-17(15-8-4-5-9-16(15)20-14)19-13-18(21-2)10-6-3-7-11-18/h4-5,8-9,12H,3,6-7,10-11,13H2,1-2H3,(H,19,20). The van der Waals surface area contributed by atoms with Gasteiger partial charge in [-0.3, -0.25) is 4.98 Å². The van der Waals surface area contributed by atoms with Crippen LogP contribution in [0.4, 0.5) is 5.69 Å². The Labute approximate surface area is 131 Å². The molecule has 2 nitrogen and oxygen atoms in total. The van der Waals surface area contributed by atoms with Gasteiger partial charge in [-0.15, -0.1) is 0 Å². The number of para-hydroxylation sites is 1. The molecule has 0 spiro atoms. The molecule has 1 aromatic carbocycles. The molecule has 0 radical (unpaired) electrons. The van der Waals surface area contributed by atoms with Crippen molar-refractivity contribution >= 4 is 28.4 Å². The number of rotatable bonds is 4. The minimum absolute atomic E-state index is 0.413. The number of aryl methyl sites for hydroxylation is 1. The van der Waals surface area contributed by atoms with Crippen LogP contribution in [0.5, 0.6) is 0 Å². The minimum Gasteiger partial charge on any atom is -0.383 e. The Balaban J connectivity index is 1.84. The summed E-state index contributed by atoms with van der Waals surface area (Å²) in [6.45, 7) is 3.13. The van der Waals surface area contributed by atoms with Crippen LogP contribution < -0.4 is 5.32 Å². The third kappa shape index (κ3) is 3.18. The molecule has 1 heterocycles. The first-order valence-electron chi connectivity index (χ1n) is 7.88. The number of aromatic nitrogens is 1. The fourth-order valence-electron chi connectivity index (χ4n) is 3.36. The molecule has 21 heavy (non-hydrogen) atoms. The highest BCUT2D eigenvalue weighted by molar-refractivity contribution is 8.00. The van der Waals surface area contributed by atoms with E-state index < -0.39 is 0 Å². The zero-order chi connectivity index (χ0) is 14.7. The van der Waals surface area contributed by atoms with E-state index in [0.717, 1.165) is 17.8 Å². The van der Waals surface area contributed by atoms with Crippen LogP contribution in [0, 0.1) is 6.92 Å². The van der Waals surface area contributed by atoms with Gasteiger partial charge in [-0.05, 0) is 38.2 Å². The third-order valence-corrected chi connectivity index (χ3v) is 6.06. The molecule has 1 fully saturated rings. The van der Waals surface area contributed by atoms with E-state index in [1.54, 1.807) is 0 Å². The van der Waals surface area contributed by atoms with Crippen LogP contribution in [0.3, 0.4) is 0 Å². The summed E-state index contributed by atoms with van der Waals surface area (Å²) >= 11 is 2.04. The summed E-state index contributed by atoms with van der Waals surface area (Å²) in [6, 6.07) is 10.6. The molecular weight excluding hydrogens is 276 g/mol. The second kappa shape index (κ2) is 6.27. The molecule has 2 aromatic rings. The van der Waals surface area contributed by atoms with Crippen molar-refractivity contribution in [3.8, 4) is 0 Å². The Morgan fingerprint density at radius 3 is 2.71 bits per heavy atom. The number of nitrogens with zero attached hydrogens (tertiary/aromatic N) is 1. The van der Waals surface area contributed by atoms with Crippen molar-refractivity contribution in [1.82, 2.24) is 4.98 Å². The van der Waals surface area contributed by atoms with Crippen molar-refractivity contribution in [1.29, 1.82) is 0 Å². The number of hydrogen-bond acceptors (Lipinski definition) is 3. The summed E-state index contributed by atoms with van der Waals surface area (Å²) in [7, 11) is 0. The summed E-state index contributed by atoms with van der Waals surface area (Å²) in [4.78, 5) is 4.62. The lowest BCUT2D eigenvalue weighted by Gasteiger charge is -2.36. The van der Waals surface area contributed by atoms with Crippen LogP contribution in [0.25, 0.3) is 10.9 Å². The maximum Gasteiger partial charge on any atom is 0.0725 e. The van der Waals surface area contributed by atoms with E-state index in [2.05, 4.69) is 53.8 Å². The maximum atomic E-state index is 4.62. The normalized spacial score (nSPS) is 17.8. The maximum absolute atomic E-state index is 4.62. The average molecular weight is 300 g/mol. The zero-order valence-electron chi connectivity index (χ0n) is 13.0. The van der Waals surface area contributed by atoms with Gasteiger partial charge in [0.05, 0.1) is 5.52 Å². The van der Waals surface area contributed by atoms with Crippen LogP contribution in [0.2, 0.25) is 0 Å².